The zero-order valence-corrected chi connectivity index (χ0v) is 19.2. The molecular formula is C27H25NO6. The van der Waals surface area contributed by atoms with Crippen LogP contribution < -0.4 is 23.7 Å². The number of rotatable bonds is 10. The second-order valence-electron chi connectivity index (χ2n) is 6.95. The Balaban J connectivity index is 1.70. The quantitative estimate of drug-likeness (QED) is 0.179. The number of esters is 1. The molecule has 34 heavy (non-hydrogen) atoms. The van der Waals surface area contributed by atoms with E-state index in [1.165, 1.54) is 7.11 Å². The number of benzene rings is 3. The minimum absolute atomic E-state index is 0.246. The van der Waals surface area contributed by atoms with Crippen LogP contribution in [0.15, 0.2) is 66.7 Å². The molecule has 0 radical (unpaired) electrons. The number of nitrogens with zero attached hydrogens (tertiary/aromatic N) is 1. The van der Waals surface area contributed by atoms with Crippen LogP contribution in [0.4, 0.5) is 0 Å². The smallest absolute Gasteiger partial charge is 0.349 e. The largest absolute Gasteiger partial charge is 0.496 e. The van der Waals surface area contributed by atoms with Gasteiger partial charge in [0.15, 0.2) is 18.1 Å². The van der Waals surface area contributed by atoms with Gasteiger partial charge in [-0.25, -0.2) is 4.79 Å². The molecular weight excluding hydrogens is 434 g/mol. The molecule has 0 atom stereocenters. The Labute approximate surface area is 198 Å². The second kappa shape index (κ2) is 12.0. The average Bonchev–Trinajstić information content (AvgIpc) is 2.87. The van der Waals surface area contributed by atoms with Crippen LogP contribution in [0, 0.1) is 11.3 Å². The summed E-state index contributed by atoms with van der Waals surface area (Å²) in [4.78, 5) is 12.3. The topological polar surface area (TPSA) is 87.0 Å². The molecule has 0 aromatic heterocycles. The molecule has 0 amide bonds. The van der Waals surface area contributed by atoms with E-state index >= 15 is 0 Å². The standard InChI is InChI=1S/C27H25NO6/c1-4-32-21-10-12-22(13-11-21)33-18-27(29)34-25-14-9-19(16-26(25)31-3)15-20(17-28)23-7-5-6-8-24(23)30-2/h5-16H,4,18H2,1-3H3/b20-15-. The molecule has 0 heterocycles. The number of nitriles is 1. The maximum Gasteiger partial charge on any atom is 0.349 e. The fourth-order valence-electron chi connectivity index (χ4n) is 3.16. The summed E-state index contributed by atoms with van der Waals surface area (Å²) in [5.74, 6) is 1.86. The van der Waals surface area contributed by atoms with E-state index in [0.717, 1.165) is 5.75 Å². The van der Waals surface area contributed by atoms with Gasteiger partial charge in [0.1, 0.15) is 17.2 Å². The highest BCUT2D eigenvalue weighted by Crippen LogP contribution is 2.32. The highest BCUT2D eigenvalue weighted by atomic mass is 16.6. The molecule has 0 N–H and O–H groups in total. The third-order valence-corrected chi connectivity index (χ3v) is 4.73. The number of methoxy groups -OCH3 is 2. The van der Waals surface area contributed by atoms with Crippen LogP contribution in [0.5, 0.6) is 28.7 Å². The lowest BCUT2D eigenvalue weighted by atomic mass is 10.0. The maximum atomic E-state index is 12.3. The van der Waals surface area contributed by atoms with Crippen LogP contribution in [0.3, 0.4) is 0 Å². The highest BCUT2D eigenvalue weighted by molar-refractivity contribution is 5.92. The number of hydrogen-bond donors (Lipinski definition) is 0. The lowest BCUT2D eigenvalue weighted by Crippen LogP contribution is -2.18. The maximum absolute atomic E-state index is 12.3. The Morgan fingerprint density at radius 1 is 0.882 bits per heavy atom. The first kappa shape index (κ1) is 24.2. The Hall–Kier alpha value is -4.44. The molecule has 0 saturated carbocycles. The fraction of sp³-hybridized carbons (Fsp3) is 0.185. The molecule has 0 saturated heterocycles. The number of ether oxygens (including phenoxy) is 5. The molecule has 174 valence electrons. The van der Waals surface area contributed by atoms with Gasteiger partial charge in [0.05, 0.1) is 32.5 Å². The first-order valence-corrected chi connectivity index (χ1v) is 10.6. The molecule has 3 rings (SSSR count). The van der Waals surface area contributed by atoms with Crippen molar-refractivity contribution in [2.24, 2.45) is 0 Å². The SMILES string of the molecule is CCOc1ccc(OCC(=O)Oc2ccc(/C=C(/C#N)c3ccccc3OC)cc2OC)cc1. The van der Waals surface area contributed by atoms with Crippen molar-refractivity contribution in [3.8, 4) is 34.8 Å². The second-order valence-corrected chi connectivity index (χ2v) is 6.95. The van der Waals surface area contributed by atoms with Gasteiger partial charge in [-0.15, -0.1) is 0 Å². The van der Waals surface area contributed by atoms with Gasteiger partial charge in [-0.2, -0.15) is 5.26 Å². The van der Waals surface area contributed by atoms with E-state index in [0.29, 0.717) is 40.6 Å². The predicted molar refractivity (Wildman–Crippen MR) is 128 cm³/mol. The first-order valence-electron chi connectivity index (χ1n) is 10.6. The Bertz CT molecular complexity index is 1190. The lowest BCUT2D eigenvalue weighted by Gasteiger charge is -2.11. The van der Waals surface area contributed by atoms with Crippen molar-refractivity contribution >= 4 is 17.6 Å². The van der Waals surface area contributed by atoms with Gasteiger partial charge in [0.2, 0.25) is 0 Å². The predicted octanol–water partition coefficient (Wildman–Crippen LogP) is 5.15. The molecule has 0 aliphatic rings. The number of hydrogen-bond acceptors (Lipinski definition) is 7. The molecule has 0 aliphatic carbocycles. The van der Waals surface area contributed by atoms with Crippen LogP contribution >= 0.6 is 0 Å². The van der Waals surface area contributed by atoms with Gasteiger partial charge in [0, 0.05) is 5.56 Å². The minimum atomic E-state index is -0.581. The summed E-state index contributed by atoms with van der Waals surface area (Å²) in [6, 6.07) is 21.5. The van der Waals surface area contributed by atoms with Crippen molar-refractivity contribution < 1.29 is 28.5 Å². The van der Waals surface area contributed by atoms with Crippen LogP contribution in [0.25, 0.3) is 11.6 Å². The van der Waals surface area contributed by atoms with Crippen molar-refractivity contribution in [2.45, 2.75) is 6.92 Å². The summed E-state index contributed by atoms with van der Waals surface area (Å²) in [5.41, 5.74) is 1.80. The lowest BCUT2D eigenvalue weighted by molar-refractivity contribution is -0.136. The van der Waals surface area contributed by atoms with E-state index in [-0.39, 0.29) is 12.4 Å². The minimum Gasteiger partial charge on any atom is -0.496 e. The fourth-order valence-corrected chi connectivity index (χ4v) is 3.16. The summed E-state index contributed by atoms with van der Waals surface area (Å²) < 4.78 is 27.0. The van der Waals surface area contributed by atoms with Crippen LogP contribution in [-0.2, 0) is 4.79 Å². The summed E-state index contributed by atoms with van der Waals surface area (Å²) >= 11 is 0. The Morgan fingerprint density at radius 2 is 1.56 bits per heavy atom. The van der Waals surface area contributed by atoms with Gasteiger partial charge in [-0.05, 0) is 67.1 Å². The zero-order chi connectivity index (χ0) is 24.3. The zero-order valence-electron chi connectivity index (χ0n) is 19.2. The molecule has 0 bridgehead atoms. The number of allylic oxidation sites excluding steroid dienone is 1. The molecule has 3 aromatic carbocycles. The van der Waals surface area contributed by atoms with E-state index in [4.69, 9.17) is 23.7 Å². The van der Waals surface area contributed by atoms with E-state index in [1.54, 1.807) is 61.7 Å². The monoisotopic (exact) mass is 459 g/mol. The summed E-state index contributed by atoms with van der Waals surface area (Å²) in [6.07, 6.45) is 1.71. The normalized spacial score (nSPS) is 10.7. The van der Waals surface area contributed by atoms with Gasteiger partial charge < -0.3 is 23.7 Å². The van der Waals surface area contributed by atoms with E-state index in [2.05, 4.69) is 6.07 Å². The van der Waals surface area contributed by atoms with E-state index < -0.39 is 5.97 Å². The third kappa shape index (κ3) is 6.30. The number of carbonyl (C=O) groups excluding carboxylic acids is 1. The molecule has 7 nitrogen and oxygen atoms in total. The van der Waals surface area contributed by atoms with Crippen molar-refractivity contribution in [3.63, 3.8) is 0 Å². The molecule has 0 unspecified atom stereocenters. The van der Waals surface area contributed by atoms with Crippen molar-refractivity contribution in [2.75, 3.05) is 27.4 Å². The summed E-state index contributed by atoms with van der Waals surface area (Å²) in [5, 5.41) is 9.66. The Morgan fingerprint density at radius 3 is 2.21 bits per heavy atom. The molecule has 7 heteroatoms. The Kier molecular flexibility index (Phi) is 8.53. The van der Waals surface area contributed by atoms with E-state index in [9.17, 15) is 10.1 Å². The summed E-state index contributed by atoms with van der Waals surface area (Å²) in [6.45, 7) is 2.20. The van der Waals surface area contributed by atoms with Crippen molar-refractivity contribution in [3.05, 3.63) is 77.9 Å². The van der Waals surface area contributed by atoms with Crippen LogP contribution in [0.1, 0.15) is 18.1 Å². The average molecular weight is 459 g/mol. The van der Waals surface area contributed by atoms with E-state index in [1.807, 2.05) is 25.1 Å². The molecule has 0 fully saturated rings. The molecule has 0 aliphatic heterocycles. The van der Waals surface area contributed by atoms with Crippen molar-refractivity contribution in [1.82, 2.24) is 0 Å². The van der Waals surface area contributed by atoms with Gasteiger partial charge >= 0.3 is 5.97 Å². The first-order chi connectivity index (χ1) is 16.6. The number of carbonyl (C=O) groups is 1. The molecule has 0 spiro atoms. The van der Waals surface area contributed by atoms with Gasteiger partial charge in [0.25, 0.3) is 0 Å². The highest BCUT2D eigenvalue weighted by Gasteiger charge is 2.13. The molecule has 3 aromatic rings. The van der Waals surface area contributed by atoms with Gasteiger partial charge in [-0.1, -0.05) is 18.2 Å². The van der Waals surface area contributed by atoms with Crippen molar-refractivity contribution in [1.29, 1.82) is 5.26 Å². The third-order valence-electron chi connectivity index (χ3n) is 4.73. The van der Waals surface area contributed by atoms with Crippen LogP contribution in [-0.4, -0.2) is 33.4 Å². The van der Waals surface area contributed by atoms with Crippen LogP contribution in [0.2, 0.25) is 0 Å². The van der Waals surface area contributed by atoms with Gasteiger partial charge in [-0.3, -0.25) is 0 Å². The number of para-hydroxylation sites is 1. The summed E-state index contributed by atoms with van der Waals surface area (Å²) in [7, 11) is 3.03.